The Hall–Kier alpha value is -2.33. The zero-order valence-corrected chi connectivity index (χ0v) is 19.3. The maximum absolute atomic E-state index is 15.4. The van der Waals surface area contributed by atoms with Crippen molar-refractivity contribution in [3.05, 3.63) is 52.6 Å². The Morgan fingerprint density at radius 3 is 2.75 bits per heavy atom. The Bertz CT molecular complexity index is 1210. The van der Waals surface area contributed by atoms with E-state index in [0.29, 0.717) is 50.3 Å². The van der Waals surface area contributed by atoms with Gasteiger partial charge in [-0.25, -0.2) is 22.5 Å². The van der Waals surface area contributed by atoms with Crippen molar-refractivity contribution in [2.24, 2.45) is 0 Å². The highest BCUT2D eigenvalue weighted by molar-refractivity contribution is 7.70. The van der Waals surface area contributed by atoms with Gasteiger partial charge in [0.1, 0.15) is 11.6 Å². The van der Waals surface area contributed by atoms with E-state index in [1.807, 2.05) is 25.1 Å². The van der Waals surface area contributed by atoms with E-state index in [9.17, 15) is 8.42 Å². The van der Waals surface area contributed by atoms with Crippen molar-refractivity contribution >= 4 is 39.2 Å². The first-order chi connectivity index (χ1) is 15.4. The van der Waals surface area contributed by atoms with Gasteiger partial charge >= 0.3 is 0 Å². The van der Waals surface area contributed by atoms with Crippen LogP contribution in [0.15, 0.2) is 30.3 Å². The molecule has 10 heteroatoms. The molecule has 2 aromatic carbocycles. The molecule has 0 saturated carbocycles. The number of halogens is 2. The van der Waals surface area contributed by atoms with Crippen molar-refractivity contribution < 1.29 is 17.5 Å². The van der Waals surface area contributed by atoms with E-state index >= 15 is 4.39 Å². The second-order valence-electron chi connectivity index (χ2n) is 7.65. The second-order valence-corrected chi connectivity index (χ2v) is 8.82. The van der Waals surface area contributed by atoms with Crippen LogP contribution in [0.2, 0.25) is 5.28 Å². The van der Waals surface area contributed by atoms with Crippen LogP contribution in [-0.4, -0.2) is 51.2 Å². The van der Waals surface area contributed by atoms with Crippen LogP contribution in [0.1, 0.15) is 17.5 Å². The number of anilines is 1. The SMILES string of the molecule is Cc1cc(-c2cccc(CCCN[SH](=O)=O)c2F)cc2c(N3CCOCC3)nc(Cl)nc12. The summed E-state index contributed by atoms with van der Waals surface area (Å²) in [5, 5.41) is 0.996. The summed E-state index contributed by atoms with van der Waals surface area (Å²) < 4.78 is 44.5. The molecule has 0 radical (unpaired) electrons. The summed E-state index contributed by atoms with van der Waals surface area (Å²) in [5.74, 6) is 0.420. The lowest BCUT2D eigenvalue weighted by Gasteiger charge is -2.29. The van der Waals surface area contributed by atoms with Crippen molar-refractivity contribution in [2.45, 2.75) is 19.8 Å². The molecule has 1 fully saturated rings. The number of fused-ring (bicyclic) bond motifs is 1. The maximum Gasteiger partial charge on any atom is 0.224 e. The minimum Gasteiger partial charge on any atom is -0.378 e. The van der Waals surface area contributed by atoms with Crippen LogP contribution in [0.25, 0.3) is 22.0 Å². The first-order valence-electron chi connectivity index (χ1n) is 10.4. The van der Waals surface area contributed by atoms with E-state index in [0.717, 1.165) is 27.8 Å². The lowest BCUT2D eigenvalue weighted by molar-refractivity contribution is 0.122. The Kier molecular flexibility index (Phi) is 7.20. The minimum atomic E-state index is -2.64. The number of benzene rings is 2. The van der Waals surface area contributed by atoms with Gasteiger partial charge in [-0.2, -0.15) is 4.98 Å². The Labute approximate surface area is 192 Å². The molecule has 1 aromatic heterocycles. The molecule has 7 nitrogen and oxygen atoms in total. The molecule has 170 valence electrons. The van der Waals surface area contributed by atoms with Gasteiger partial charge in [0.25, 0.3) is 0 Å². The fourth-order valence-corrected chi connectivity index (χ4v) is 4.49. The van der Waals surface area contributed by atoms with Gasteiger partial charge in [0.15, 0.2) is 0 Å². The number of hydrogen-bond acceptors (Lipinski definition) is 6. The molecule has 1 aliphatic rings. The number of morpholine rings is 1. The number of aromatic nitrogens is 2. The smallest absolute Gasteiger partial charge is 0.224 e. The quantitative estimate of drug-likeness (QED) is 0.308. The predicted octanol–water partition coefficient (Wildman–Crippen LogP) is 3.28. The predicted molar refractivity (Wildman–Crippen MR) is 124 cm³/mol. The van der Waals surface area contributed by atoms with Crippen molar-refractivity contribution in [2.75, 3.05) is 37.7 Å². The minimum absolute atomic E-state index is 0.177. The molecule has 0 aliphatic carbocycles. The Morgan fingerprint density at radius 1 is 1.22 bits per heavy atom. The van der Waals surface area contributed by atoms with Crippen LogP contribution in [0.3, 0.4) is 0 Å². The topological polar surface area (TPSA) is 84.4 Å². The van der Waals surface area contributed by atoms with Crippen LogP contribution in [-0.2, 0) is 22.0 Å². The summed E-state index contributed by atoms with van der Waals surface area (Å²) in [6, 6.07) is 9.11. The third-order valence-electron chi connectivity index (χ3n) is 5.51. The summed E-state index contributed by atoms with van der Waals surface area (Å²) in [7, 11) is -2.64. The molecular formula is C22H24ClFN4O3S. The standard InChI is InChI=1S/C22H24ClFN4O3S/c1-14-12-16(17-6-2-4-15(19(17)24)5-3-7-25-32(29)30)13-18-20(14)26-22(23)27-21(18)28-8-10-31-11-9-28/h2,4,6,12-13,32H,3,5,7-11H2,1H3,(H,25,29,30). The van der Waals surface area contributed by atoms with Crippen LogP contribution in [0.5, 0.6) is 0 Å². The summed E-state index contributed by atoms with van der Waals surface area (Å²) in [4.78, 5) is 11.0. The molecule has 0 unspecified atom stereocenters. The number of ether oxygens (including phenoxy) is 1. The third kappa shape index (κ3) is 5.01. The third-order valence-corrected chi connectivity index (χ3v) is 6.16. The van der Waals surface area contributed by atoms with Gasteiger partial charge in [0.05, 0.1) is 18.7 Å². The van der Waals surface area contributed by atoms with Gasteiger partial charge in [0, 0.05) is 30.6 Å². The highest BCUT2D eigenvalue weighted by Gasteiger charge is 2.20. The average molecular weight is 479 g/mol. The maximum atomic E-state index is 15.4. The van der Waals surface area contributed by atoms with E-state index in [1.165, 1.54) is 0 Å². The van der Waals surface area contributed by atoms with E-state index in [-0.39, 0.29) is 17.6 Å². The normalized spacial score (nSPS) is 14.4. The molecule has 0 spiro atoms. The van der Waals surface area contributed by atoms with Gasteiger partial charge in [0.2, 0.25) is 16.2 Å². The lowest BCUT2D eigenvalue weighted by Crippen LogP contribution is -2.37. The van der Waals surface area contributed by atoms with Crippen LogP contribution in [0.4, 0.5) is 10.2 Å². The molecule has 1 aliphatic heterocycles. The van der Waals surface area contributed by atoms with Gasteiger partial charge in [-0.15, -0.1) is 0 Å². The molecule has 1 N–H and O–H groups in total. The summed E-state index contributed by atoms with van der Waals surface area (Å²) in [6.07, 6.45) is 0.939. The van der Waals surface area contributed by atoms with E-state index in [4.69, 9.17) is 16.3 Å². The Balaban J connectivity index is 1.73. The van der Waals surface area contributed by atoms with Crippen molar-refractivity contribution in [3.8, 4) is 11.1 Å². The molecular weight excluding hydrogens is 455 g/mol. The highest BCUT2D eigenvalue weighted by atomic mass is 35.5. The van der Waals surface area contributed by atoms with Crippen LogP contribution < -0.4 is 9.62 Å². The zero-order valence-electron chi connectivity index (χ0n) is 17.6. The van der Waals surface area contributed by atoms with Crippen LogP contribution in [0, 0.1) is 12.7 Å². The number of hydrogen-bond donors (Lipinski definition) is 2. The number of nitrogens with one attached hydrogen (secondary N) is 1. The van der Waals surface area contributed by atoms with Crippen LogP contribution >= 0.6 is 11.6 Å². The number of rotatable bonds is 7. The molecule has 0 bridgehead atoms. The number of aryl methyl sites for hydroxylation is 2. The fourth-order valence-electron chi connectivity index (χ4n) is 3.98. The number of thiol groups is 1. The molecule has 0 amide bonds. The first-order valence-corrected chi connectivity index (χ1v) is 12.0. The van der Waals surface area contributed by atoms with Gasteiger partial charge < -0.3 is 9.64 Å². The van der Waals surface area contributed by atoms with Crippen molar-refractivity contribution in [3.63, 3.8) is 0 Å². The van der Waals surface area contributed by atoms with E-state index in [1.54, 1.807) is 12.1 Å². The first kappa shape index (κ1) is 22.8. The molecule has 32 heavy (non-hydrogen) atoms. The largest absolute Gasteiger partial charge is 0.378 e. The Morgan fingerprint density at radius 2 is 2.00 bits per heavy atom. The van der Waals surface area contributed by atoms with Gasteiger partial charge in [-0.1, -0.05) is 18.2 Å². The zero-order chi connectivity index (χ0) is 22.7. The highest BCUT2D eigenvalue weighted by Crippen LogP contribution is 2.34. The second kappa shape index (κ2) is 10.1. The fraction of sp³-hybridized carbons (Fsp3) is 0.364. The molecule has 2 heterocycles. The lowest BCUT2D eigenvalue weighted by atomic mass is 9.96. The van der Waals surface area contributed by atoms with Crippen molar-refractivity contribution in [1.29, 1.82) is 0 Å². The molecule has 1 saturated heterocycles. The number of nitrogens with zero attached hydrogens (tertiary/aromatic N) is 3. The summed E-state index contributed by atoms with van der Waals surface area (Å²) >= 11 is 6.21. The monoisotopic (exact) mass is 478 g/mol. The summed E-state index contributed by atoms with van der Waals surface area (Å²) in [5.41, 5.74) is 3.38. The summed E-state index contributed by atoms with van der Waals surface area (Å²) in [6.45, 7) is 4.80. The molecule has 3 aromatic rings. The van der Waals surface area contributed by atoms with E-state index in [2.05, 4.69) is 19.6 Å². The van der Waals surface area contributed by atoms with Crippen molar-refractivity contribution in [1.82, 2.24) is 14.7 Å². The van der Waals surface area contributed by atoms with E-state index < -0.39 is 10.9 Å². The molecule has 4 rings (SSSR count). The van der Waals surface area contributed by atoms with Gasteiger partial charge in [-0.3, -0.25) is 0 Å². The average Bonchev–Trinajstić information content (AvgIpc) is 2.78. The molecule has 0 atom stereocenters. The van der Waals surface area contributed by atoms with Gasteiger partial charge in [-0.05, 0) is 60.2 Å².